The van der Waals surface area contributed by atoms with Gasteiger partial charge in [-0.25, -0.2) is 9.13 Å². The van der Waals surface area contributed by atoms with Crippen molar-refractivity contribution in [1.29, 1.82) is 0 Å². The lowest BCUT2D eigenvalue weighted by atomic mass is 9.85. The van der Waals surface area contributed by atoms with Crippen LogP contribution in [-0.2, 0) is 41.8 Å². The van der Waals surface area contributed by atoms with Crippen molar-refractivity contribution < 1.29 is 82.0 Å². The number of esters is 2. The highest BCUT2D eigenvalue weighted by Gasteiger charge is 2.54. The number of phosphoric ester groups is 2. The Labute approximate surface area is 392 Å². The first-order chi connectivity index (χ1) is 31.5. The van der Waals surface area contributed by atoms with Crippen molar-refractivity contribution in [3.63, 3.8) is 0 Å². The molecule has 0 heterocycles. The van der Waals surface area contributed by atoms with Crippen LogP contribution in [0.3, 0.4) is 0 Å². The molecule has 1 aliphatic rings. The van der Waals surface area contributed by atoms with E-state index < -0.39 is 89.6 Å². The molecule has 1 rings (SSSR count). The van der Waals surface area contributed by atoms with Crippen LogP contribution in [0, 0.1) is 0 Å². The Hall–Kier alpha value is -2.60. The second-order valence-corrected chi connectivity index (χ2v) is 18.9. The molecule has 66 heavy (non-hydrogen) atoms. The predicted molar refractivity (Wildman–Crippen MR) is 252 cm³/mol. The average molecular weight is 979 g/mol. The molecule has 0 bridgehead atoms. The molecule has 0 aromatic heterocycles. The molecule has 0 aromatic rings. The number of ether oxygens (including phenoxy) is 2. The van der Waals surface area contributed by atoms with E-state index in [4.69, 9.17) is 18.5 Å². The molecule has 6 unspecified atom stereocenters. The number of rotatable bonds is 38. The maximum absolute atomic E-state index is 13.0. The maximum atomic E-state index is 13.0. The molecule has 0 amide bonds. The van der Waals surface area contributed by atoms with Gasteiger partial charge in [0.05, 0.1) is 12.7 Å². The van der Waals surface area contributed by atoms with Crippen LogP contribution in [0.4, 0.5) is 0 Å². The highest BCUT2D eigenvalue weighted by molar-refractivity contribution is 7.47. The minimum Gasteiger partial charge on any atom is -0.462 e. The van der Waals surface area contributed by atoms with E-state index in [-0.39, 0.29) is 12.8 Å². The van der Waals surface area contributed by atoms with Crippen molar-refractivity contribution in [2.45, 2.75) is 198 Å². The molecule has 17 nitrogen and oxygen atoms in total. The monoisotopic (exact) mass is 978 g/mol. The fraction of sp³-hybridized carbons (Fsp3) is 0.702. The number of aliphatic hydroxyl groups excluding tert-OH is 5. The van der Waals surface area contributed by atoms with Gasteiger partial charge in [0.15, 0.2) is 6.10 Å². The Morgan fingerprint density at radius 1 is 0.576 bits per heavy atom. The molecular formula is C47H80O17P2. The molecule has 1 fully saturated rings. The maximum Gasteiger partial charge on any atom is 0.472 e. The van der Waals surface area contributed by atoms with Crippen LogP contribution in [0.15, 0.2) is 72.9 Å². The van der Waals surface area contributed by atoms with Gasteiger partial charge in [-0.05, 0) is 70.6 Å². The summed E-state index contributed by atoms with van der Waals surface area (Å²) in [5.74, 6) is -1.31. The van der Waals surface area contributed by atoms with Gasteiger partial charge in [0.25, 0.3) is 0 Å². The number of hydrogen-bond donors (Lipinski definition) is 8. The number of allylic oxidation sites excluding steroid dienone is 11. The van der Waals surface area contributed by atoms with Gasteiger partial charge in [-0.1, -0.05) is 138 Å². The number of hydrogen-bond acceptors (Lipinski definition) is 14. The lowest BCUT2D eigenvalue weighted by Crippen LogP contribution is -2.64. The van der Waals surface area contributed by atoms with Crippen LogP contribution in [0.2, 0.25) is 0 Å². The van der Waals surface area contributed by atoms with Gasteiger partial charge < -0.3 is 49.7 Å². The highest BCUT2D eigenvalue weighted by atomic mass is 31.2. The summed E-state index contributed by atoms with van der Waals surface area (Å²) in [4.78, 5) is 54.3. The standard InChI is InChI=1S/C47H80O17P2/c1-3-5-7-9-11-12-13-14-15-16-17-18-19-20-22-26-30-34-40(49)60-36-39(62-41(50)35-31-27-23-25-29-33-38(48)32-28-24-21-10-8-6-4-2)37-61-66(58,59)64-47-44(53)42(51)43(52)46(45(47)54)63-65(55,56)57/h6,8,11-12,14-15,17-18,21,24,28,32,38-39,42-48,51-54H,3-5,7,9-10,13,16,19-20,22-23,25-27,29-31,33-37H2,1-2H3,(H,58,59)(H2,55,56,57)/b8-6+,12-11-,15-14-,18-17-,24-21+,32-28+/t38?,39-,42?,43?,44?,45?,46-,47+/m1/s1. The molecule has 0 radical (unpaired) electrons. The number of unbranched alkanes of at least 4 members (excludes halogenated alkanes) is 11. The first-order valence-corrected chi connectivity index (χ1v) is 26.6. The quantitative estimate of drug-likeness (QED) is 0.00963. The third-order valence-electron chi connectivity index (χ3n) is 10.4. The van der Waals surface area contributed by atoms with Gasteiger partial charge in [-0.3, -0.25) is 23.2 Å². The van der Waals surface area contributed by atoms with E-state index in [0.29, 0.717) is 25.7 Å². The van der Waals surface area contributed by atoms with Gasteiger partial charge in [-0.2, -0.15) is 0 Å². The van der Waals surface area contributed by atoms with Crippen LogP contribution in [-0.4, -0.2) is 114 Å². The van der Waals surface area contributed by atoms with E-state index in [1.54, 1.807) is 6.08 Å². The van der Waals surface area contributed by atoms with Crippen LogP contribution >= 0.6 is 15.6 Å². The second-order valence-electron chi connectivity index (χ2n) is 16.3. The van der Waals surface area contributed by atoms with Crippen LogP contribution in [0.1, 0.15) is 149 Å². The SMILES string of the molecule is CC/C=C/C/C=C/C=C/C(O)CCCCCCCC(=O)O[C@H](COC(=O)CCCCCC/C=C\C/C=C\C/C=C\CCCCC)COP(=O)(O)O[C@H]1C(O)C(O)C(O)[C@@H](OP(=O)(O)O)C1O. The van der Waals surface area contributed by atoms with Crippen LogP contribution in [0.25, 0.3) is 0 Å². The van der Waals surface area contributed by atoms with E-state index in [0.717, 1.165) is 77.0 Å². The Morgan fingerprint density at radius 3 is 1.73 bits per heavy atom. The van der Waals surface area contributed by atoms with Crippen molar-refractivity contribution in [2.75, 3.05) is 13.2 Å². The van der Waals surface area contributed by atoms with Crippen molar-refractivity contribution in [3.05, 3.63) is 72.9 Å². The molecule has 380 valence electrons. The summed E-state index contributed by atoms with van der Waals surface area (Å²) in [6.07, 6.45) is 25.8. The third kappa shape index (κ3) is 31.4. The second kappa shape index (κ2) is 37.3. The molecule has 0 aliphatic heterocycles. The first kappa shape index (κ1) is 61.4. The number of phosphoric acid groups is 2. The topological polar surface area (TPSA) is 276 Å². The van der Waals surface area contributed by atoms with Gasteiger partial charge in [0.2, 0.25) is 0 Å². The molecule has 0 saturated heterocycles. The van der Waals surface area contributed by atoms with E-state index in [1.165, 1.54) is 19.3 Å². The van der Waals surface area contributed by atoms with Crippen molar-refractivity contribution >= 4 is 27.6 Å². The van der Waals surface area contributed by atoms with E-state index in [1.807, 2.05) is 18.2 Å². The summed E-state index contributed by atoms with van der Waals surface area (Å²) in [6.45, 7) is 2.84. The van der Waals surface area contributed by atoms with Gasteiger partial charge in [0, 0.05) is 12.8 Å². The van der Waals surface area contributed by atoms with Crippen LogP contribution in [0.5, 0.6) is 0 Å². The fourth-order valence-electron chi connectivity index (χ4n) is 6.69. The van der Waals surface area contributed by atoms with E-state index in [9.17, 15) is 58.9 Å². The Kier molecular flexibility index (Phi) is 34.7. The lowest BCUT2D eigenvalue weighted by molar-refractivity contribution is -0.216. The average Bonchev–Trinajstić information content (AvgIpc) is 3.27. The first-order valence-electron chi connectivity index (χ1n) is 23.6. The third-order valence-corrected chi connectivity index (χ3v) is 11.9. The summed E-state index contributed by atoms with van der Waals surface area (Å²) >= 11 is 0. The summed E-state index contributed by atoms with van der Waals surface area (Å²) in [5.41, 5.74) is 0. The van der Waals surface area contributed by atoms with E-state index >= 15 is 0 Å². The highest BCUT2D eigenvalue weighted by Crippen LogP contribution is 2.49. The minimum atomic E-state index is -5.38. The van der Waals surface area contributed by atoms with Crippen molar-refractivity contribution in [1.82, 2.24) is 0 Å². The predicted octanol–water partition coefficient (Wildman–Crippen LogP) is 7.81. The van der Waals surface area contributed by atoms with E-state index in [2.05, 4.69) is 67.0 Å². The lowest BCUT2D eigenvalue weighted by Gasteiger charge is -2.43. The fourth-order valence-corrected chi connectivity index (χ4v) is 8.22. The molecule has 9 atom stereocenters. The van der Waals surface area contributed by atoms with Gasteiger partial charge in [0.1, 0.15) is 43.2 Å². The molecule has 1 saturated carbocycles. The van der Waals surface area contributed by atoms with Crippen molar-refractivity contribution in [2.24, 2.45) is 0 Å². The Morgan fingerprint density at radius 2 is 1.11 bits per heavy atom. The Balaban J connectivity index is 2.65. The largest absolute Gasteiger partial charge is 0.472 e. The number of carbonyl (C=O) groups is 2. The summed E-state index contributed by atoms with van der Waals surface area (Å²) in [7, 11) is -10.7. The zero-order chi connectivity index (χ0) is 49.1. The van der Waals surface area contributed by atoms with Gasteiger partial charge in [-0.15, -0.1) is 0 Å². The normalized spacial score (nSPS) is 22.6. The van der Waals surface area contributed by atoms with Crippen LogP contribution < -0.4 is 0 Å². The van der Waals surface area contributed by atoms with Crippen molar-refractivity contribution in [3.8, 4) is 0 Å². The zero-order valence-corrected chi connectivity index (χ0v) is 40.7. The number of aliphatic hydroxyl groups is 5. The summed E-state index contributed by atoms with van der Waals surface area (Å²) in [5, 5.41) is 51.4. The molecule has 19 heteroatoms. The summed E-state index contributed by atoms with van der Waals surface area (Å²) in [6, 6.07) is 0. The summed E-state index contributed by atoms with van der Waals surface area (Å²) < 4.78 is 49.3. The Bertz CT molecular complexity index is 1570. The molecule has 0 aromatic carbocycles. The molecular weight excluding hydrogens is 898 g/mol. The smallest absolute Gasteiger partial charge is 0.462 e. The number of carbonyl (C=O) groups excluding carboxylic acids is 2. The zero-order valence-electron chi connectivity index (χ0n) is 39.0. The molecule has 8 N–H and O–H groups in total. The minimum absolute atomic E-state index is 0.0345. The molecule has 0 spiro atoms. The molecule has 1 aliphatic carbocycles. The van der Waals surface area contributed by atoms with Gasteiger partial charge >= 0.3 is 27.6 Å².